The van der Waals surface area contributed by atoms with Crippen molar-refractivity contribution < 1.29 is 19.1 Å². The summed E-state index contributed by atoms with van der Waals surface area (Å²) in [6.07, 6.45) is 2.50. The first-order chi connectivity index (χ1) is 19.1. The summed E-state index contributed by atoms with van der Waals surface area (Å²) in [6, 6.07) is 31.2. The maximum absolute atomic E-state index is 14.4. The van der Waals surface area contributed by atoms with E-state index >= 15 is 0 Å². The van der Waals surface area contributed by atoms with Crippen molar-refractivity contribution in [1.82, 2.24) is 4.40 Å². The van der Waals surface area contributed by atoms with E-state index in [4.69, 9.17) is 9.47 Å². The first kappa shape index (κ1) is 26.0. The lowest BCUT2D eigenvalue weighted by molar-refractivity contribution is -0.142. The van der Waals surface area contributed by atoms with Crippen molar-refractivity contribution in [3.05, 3.63) is 131 Å². The second-order valence-corrected chi connectivity index (χ2v) is 9.25. The smallest absolute Gasteiger partial charge is 0.310 e. The molecule has 0 radical (unpaired) electrons. The van der Waals surface area contributed by atoms with Crippen LogP contribution in [0.3, 0.4) is 0 Å². The van der Waals surface area contributed by atoms with Crippen LogP contribution in [0.4, 0.5) is 0 Å². The normalized spacial score (nSPS) is 10.9. The van der Waals surface area contributed by atoms with Crippen LogP contribution in [-0.2, 0) is 29.0 Å². The molecular formula is C34H31NO4. The van der Waals surface area contributed by atoms with Gasteiger partial charge in [0.25, 0.3) is 0 Å². The number of ketones is 1. The topological polar surface area (TPSA) is 57.0 Å². The average Bonchev–Trinajstić information content (AvgIpc) is 3.30. The van der Waals surface area contributed by atoms with Gasteiger partial charge in [-0.2, -0.15) is 0 Å². The largest absolute Gasteiger partial charge is 0.487 e. The summed E-state index contributed by atoms with van der Waals surface area (Å²) in [5.41, 5.74) is 6.33. The van der Waals surface area contributed by atoms with Crippen molar-refractivity contribution in [2.45, 2.75) is 33.3 Å². The third kappa shape index (κ3) is 5.34. The Bertz CT molecular complexity index is 1600. The van der Waals surface area contributed by atoms with Gasteiger partial charge >= 0.3 is 5.97 Å². The fraction of sp³-hybridized carbons (Fsp3) is 0.176. The highest BCUT2D eigenvalue weighted by molar-refractivity contribution is 6.14. The van der Waals surface area contributed by atoms with Gasteiger partial charge in [0, 0.05) is 11.8 Å². The molecule has 0 spiro atoms. The standard InChI is InChI=1S/C34H31NO4/c1-3-26-29(22-31(36)38-4-2)32-30(39-23-24-14-7-5-8-15-24)20-13-21-35(32)33(26)34(37)28-19-12-11-18-27(28)25-16-9-6-10-17-25/h5-21H,3-4,22-23H2,1-2H3. The summed E-state index contributed by atoms with van der Waals surface area (Å²) in [5, 5.41) is 0. The van der Waals surface area contributed by atoms with Gasteiger partial charge in [-0.15, -0.1) is 0 Å². The number of hydrogen-bond acceptors (Lipinski definition) is 4. The van der Waals surface area contributed by atoms with E-state index in [1.807, 2.05) is 115 Å². The molecule has 0 N–H and O–H groups in total. The van der Waals surface area contributed by atoms with Crippen LogP contribution in [0.5, 0.6) is 5.75 Å². The van der Waals surface area contributed by atoms with Gasteiger partial charge in [0.2, 0.25) is 5.78 Å². The third-order valence-electron chi connectivity index (χ3n) is 6.82. The van der Waals surface area contributed by atoms with Crippen molar-refractivity contribution in [2.24, 2.45) is 0 Å². The molecule has 0 aliphatic rings. The van der Waals surface area contributed by atoms with Crippen molar-refractivity contribution >= 4 is 17.3 Å². The fourth-order valence-corrected chi connectivity index (χ4v) is 5.10. The Kier molecular flexibility index (Phi) is 7.88. The second-order valence-electron chi connectivity index (χ2n) is 9.25. The third-order valence-corrected chi connectivity index (χ3v) is 6.82. The molecule has 0 saturated heterocycles. The molecule has 2 heterocycles. The quantitative estimate of drug-likeness (QED) is 0.147. The van der Waals surface area contributed by atoms with Crippen LogP contribution >= 0.6 is 0 Å². The van der Waals surface area contributed by atoms with Crippen LogP contribution in [0.15, 0.2) is 103 Å². The van der Waals surface area contributed by atoms with Crippen LogP contribution in [0.25, 0.3) is 16.6 Å². The number of benzene rings is 3. The predicted octanol–water partition coefficient (Wildman–Crippen LogP) is 7.08. The number of hydrogen-bond donors (Lipinski definition) is 0. The molecule has 0 unspecified atom stereocenters. The number of esters is 1. The minimum absolute atomic E-state index is 0.0554. The van der Waals surface area contributed by atoms with Crippen LogP contribution in [0.2, 0.25) is 0 Å². The summed E-state index contributed by atoms with van der Waals surface area (Å²) in [4.78, 5) is 27.1. The lowest BCUT2D eigenvalue weighted by Crippen LogP contribution is -2.11. The lowest BCUT2D eigenvalue weighted by atomic mass is 9.93. The molecule has 0 saturated carbocycles. The first-order valence-electron chi connectivity index (χ1n) is 13.3. The van der Waals surface area contributed by atoms with Crippen molar-refractivity contribution in [3.63, 3.8) is 0 Å². The van der Waals surface area contributed by atoms with Gasteiger partial charge < -0.3 is 13.9 Å². The van der Waals surface area contributed by atoms with Gasteiger partial charge in [0.1, 0.15) is 12.4 Å². The Labute approximate surface area is 228 Å². The number of rotatable bonds is 10. The molecule has 0 aliphatic carbocycles. The van der Waals surface area contributed by atoms with E-state index in [0.717, 1.165) is 33.3 Å². The number of carbonyl (C=O) groups excluding carboxylic acids is 2. The molecule has 5 nitrogen and oxygen atoms in total. The Hall–Kier alpha value is -4.64. The molecule has 0 aliphatic heterocycles. The second kappa shape index (κ2) is 11.8. The minimum atomic E-state index is -0.332. The van der Waals surface area contributed by atoms with Gasteiger partial charge in [-0.05, 0) is 53.3 Å². The molecule has 5 rings (SSSR count). The molecule has 0 atom stereocenters. The van der Waals surface area contributed by atoms with Gasteiger partial charge in [-0.1, -0.05) is 91.9 Å². The number of carbonyl (C=O) groups is 2. The summed E-state index contributed by atoms with van der Waals surface area (Å²) in [5.74, 6) is 0.184. The molecule has 5 heteroatoms. The van der Waals surface area contributed by atoms with Crippen LogP contribution in [0.1, 0.15) is 46.6 Å². The van der Waals surface area contributed by atoms with E-state index in [0.29, 0.717) is 36.6 Å². The fourth-order valence-electron chi connectivity index (χ4n) is 5.10. The Balaban J connectivity index is 1.68. The molecule has 196 valence electrons. The summed E-state index contributed by atoms with van der Waals surface area (Å²) in [7, 11) is 0. The van der Waals surface area contributed by atoms with E-state index in [1.165, 1.54) is 0 Å². The molecule has 39 heavy (non-hydrogen) atoms. The molecular weight excluding hydrogens is 486 g/mol. The van der Waals surface area contributed by atoms with E-state index in [2.05, 4.69) is 0 Å². The van der Waals surface area contributed by atoms with Gasteiger partial charge in [0.15, 0.2) is 0 Å². The molecule has 0 fully saturated rings. The Morgan fingerprint density at radius 3 is 2.18 bits per heavy atom. The average molecular weight is 518 g/mol. The molecule has 0 amide bonds. The van der Waals surface area contributed by atoms with Gasteiger partial charge in [0.05, 0.1) is 24.2 Å². The van der Waals surface area contributed by atoms with Crippen LogP contribution < -0.4 is 4.74 Å². The van der Waals surface area contributed by atoms with E-state index in [-0.39, 0.29) is 18.2 Å². The first-order valence-corrected chi connectivity index (χ1v) is 13.3. The van der Waals surface area contributed by atoms with Crippen LogP contribution in [0, 0.1) is 0 Å². The van der Waals surface area contributed by atoms with Gasteiger partial charge in [-0.25, -0.2) is 0 Å². The number of aromatic nitrogens is 1. The minimum Gasteiger partial charge on any atom is -0.487 e. The zero-order valence-corrected chi connectivity index (χ0v) is 22.2. The molecule has 0 bridgehead atoms. The van der Waals surface area contributed by atoms with Gasteiger partial charge in [-0.3, -0.25) is 9.59 Å². The number of fused-ring (bicyclic) bond motifs is 1. The summed E-state index contributed by atoms with van der Waals surface area (Å²) >= 11 is 0. The van der Waals surface area contributed by atoms with E-state index < -0.39 is 0 Å². The molecule has 5 aromatic rings. The highest BCUT2D eigenvalue weighted by Crippen LogP contribution is 2.35. The Morgan fingerprint density at radius 2 is 1.46 bits per heavy atom. The SMILES string of the molecule is CCOC(=O)Cc1c(CC)c(C(=O)c2ccccc2-c2ccccc2)n2cccc(OCc3ccccc3)c12. The van der Waals surface area contributed by atoms with E-state index in [1.54, 1.807) is 6.92 Å². The number of nitrogens with zero attached hydrogens (tertiary/aromatic N) is 1. The van der Waals surface area contributed by atoms with Crippen molar-refractivity contribution in [3.8, 4) is 16.9 Å². The number of ether oxygens (including phenoxy) is 2. The van der Waals surface area contributed by atoms with Crippen molar-refractivity contribution in [2.75, 3.05) is 6.61 Å². The maximum Gasteiger partial charge on any atom is 0.310 e. The number of pyridine rings is 1. The summed E-state index contributed by atoms with van der Waals surface area (Å²) < 4.78 is 13.5. The maximum atomic E-state index is 14.4. The lowest BCUT2D eigenvalue weighted by Gasteiger charge is -2.12. The highest BCUT2D eigenvalue weighted by Gasteiger charge is 2.28. The van der Waals surface area contributed by atoms with Crippen LogP contribution in [-0.4, -0.2) is 22.8 Å². The van der Waals surface area contributed by atoms with E-state index in [9.17, 15) is 9.59 Å². The monoisotopic (exact) mass is 517 g/mol. The molecule has 2 aromatic heterocycles. The highest BCUT2D eigenvalue weighted by atomic mass is 16.5. The Morgan fingerprint density at radius 1 is 0.769 bits per heavy atom. The zero-order valence-electron chi connectivity index (χ0n) is 22.2. The van der Waals surface area contributed by atoms with Crippen molar-refractivity contribution in [1.29, 1.82) is 0 Å². The predicted molar refractivity (Wildman–Crippen MR) is 153 cm³/mol. The zero-order chi connectivity index (χ0) is 27.2. The molecule has 3 aromatic carbocycles. The summed E-state index contributed by atoms with van der Waals surface area (Å²) in [6.45, 7) is 4.46.